The first kappa shape index (κ1) is 46.5. The summed E-state index contributed by atoms with van der Waals surface area (Å²) in [6.07, 6.45) is 3.44. The Kier molecular flexibility index (Phi) is 36.3. The minimum Gasteiger partial charge on any atom is -0.394 e. The third-order valence-corrected chi connectivity index (χ3v) is 6.43. The van der Waals surface area contributed by atoms with E-state index < -0.39 is 0 Å². The highest BCUT2D eigenvalue weighted by molar-refractivity contribution is 4.58. The smallest absolute Gasteiger partial charge is 0.0781 e. The molecule has 0 aromatic carbocycles. The van der Waals surface area contributed by atoms with Gasteiger partial charge in [-0.05, 0) is 41.0 Å². The summed E-state index contributed by atoms with van der Waals surface area (Å²) < 4.78 is 67.3. The summed E-state index contributed by atoms with van der Waals surface area (Å²) in [7, 11) is 0. The second kappa shape index (κ2) is 36.8. The van der Waals surface area contributed by atoms with E-state index in [0.717, 1.165) is 13.0 Å². The summed E-state index contributed by atoms with van der Waals surface area (Å²) in [5.41, 5.74) is 0. The van der Waals surface area contributed by atoms with Crippen molar-refractivity contribution in [2.45, 2.75) is 91.3 Å². The van der Waals surface area contributed by atoms with Gasteiger partial charge in [-0.3, -0.25) is 0 Å². The van der Waals surface area contributed by atoms with Crippen molar-refractivity contribution < 1.29 is 61.9 Å². The Balaban J connectivity index is 3.45. The van der Waals surface area contributed by atoms with Gasteiger partial charge in [0.25, 0.3) is 0 Å². The lowest BCUT2D eigenvalue weighted by Gasteiger charge is -2.22. The van der Waals surface area contributed by atoms with Crippen molar-refractivity contribution in [1.29, 1.82) is 0 Å². The van der Waals surface area contributed by atoms with E-state index in [1.807, 2.05) is 34.6 Å². The zero-order chi connectivity index (χ0) is 34.6. The van der Waals surface area contributed by atoms with E-state index >= 15 is 0 Å². The van der Waals surface area contributed by atoms with Crippen LogP contribution in [0.1, 0.15) is 60.8 Å². The van der Waals surface area contributed by atoms with Crippen LogP contribution in [-0.2, 0) is 56.8 Å². The van der Waals surface area contributed by atoms with Gasteiger partial charge in [-0.1, -0.05) is 19.8 Å². The molecule has 0 rings (SSSR count). The van der Waals surface area contributed by atoms with Crippen LogP contribution in [0.15, 0.2) is 0 Å². The van der Waals surface area contributed by atoms with Crippen LogP contribution in [0.2, 0.25) is 0 Å². The number of hydrogen-bond donors (Lipinski definition) is 1. The molecule has 0 fully saturated rings. The Labute approximate surface area is 285 Å². The molecule has 0 aliphatic rings. The quantitative estimate of drug-likeness (QED) is 0.0950. The van der Waals surface area contributed by atoms with Crippen LogP contribution in [0.4, 0.5) is 0 Å². The summed E-state index contributed by atoms with van der Waals surface area (Å²) in [5.74, 6) is 0. The van der Waals surface area contributed by atoms with Crippen molar-refractivity contribution in [2.24, 2.45) is 0 Å². The van der Waals surface area contributed by atoms with Crippen LogP contribution in [0.5, 0.6) is 0 Å². The molecule has 13 heteroatoms. The third kappa shape index (κ3) is 36.6. The molecule has 1 N–H and O–H groups in total. The van der Waals surface area contributed by atoms with E-state index in [1.165, 1.54) is 12.8 Å². The van der Waals surface area contributed by atoms with Gasteiger partial charge in [0.1, 0.15) is 0 Å². The van der Waals surface area contributed by atoms with Crippen LogP contribution in [-0.4, -0.2) is 168 Å². The molecule has 0 spiro atoms. The predicted octanol–water partition coefficient (Wildman–Crippen LogP) is 3.31. The highest BCUT2D eigenvalue weighted by Gasteiger charge is 2.13. The molecule has 0 amide bonds. The van der Waals surface area contributed by atoms with E-state index in [4.69, 9.17) is 61.9 Å². The third-order valence-electron chi connectivity index (χ3n) is 6.43. The largest absolute Gasteiger partial charge is 0.394 e. The lowest BCUT2D eigenvalue weighted by atomic mass is 10.3. The van der Waals surface area contributed by atoms with Crippen LogP contribution < -0.4 is 0 Å². The minimum atomic E-state index is -0.0508. The summed E-state index contributed by atoms with van der Waals surface area (Å²) in [6, 6.07) is 0. The molecule has 284 valence electrons. The van der Waals surface area contributed by atoms with E-state index in [1.54, 1.807) is 0 Å². The second-order valence-electron chi connectivity index (χ2n) is 11.4. The van der Waals surface area contributed by atoms with Crippen molar-refractivity contribution in [2.75, 3.05) is 132 Å². The molecule has 13 nitrogen and oxygen atoms in total. The number of rotatable bonds is 39. The fourth-order valence-corrected chi connectivity index (χ4v) is 3.71. The van der Waals surface area contributed by atoms with Gasteiger partial charge in [0.2, 0.25) is 0 Å². The predicted molar refractivity (Wildman–Crippen MR) is 179 cm³/mol. The maximum Gasteiger partial charge on any atom is 0.0781 e. The minimum absolute atomic E-state index is 0.00436. The zero-order valence-electron chi connectivity index (χ0n) is 30.5. The summed E-state index contributed by atoms with van der Waals surface area (Å²) in [6.45, 7) is 21.9. The van der Waals surface area contributed by atoms with Gasteiger partial charge in [0, 0.05) is 6.61 Å². The van der Waals surface area contributed by atoms with Gasteiger partial charge in [-0.25, -0.2) is 0 Å². The SMILES string of the molecule is CCCCCOC(C)COC(C)COC(C)COC(C)COC(C)COCCOCCOCCOCCOCCOCCOCCO. The van der Waals surface area contributed by atoms with Gasteiger partial charge in [0.05, 0.1) is 156 Å². The molecule has 0 aliphatic carbocycles. The van der Waals surface area contributed by atoms with Crippen LogP contribution in [0.25, 0.3) is 0 Å². The highest BCUT2D eigenvalue weighted by Crippen LogP contribution is 2.04. The first-order valence-electron chi connectivity index (χ1n) is 17.6. The highest BCUT2D eigenvalue weighted by atomic mass is 16.6. The molecule has 0 aromatic rings. The average Bonchev–Trinajstić information content (AvgIpc) is 3.07. The van der Waals surface area contributed by atoms with Gasteiger partial charge in [0.15, 0.2) is 0 Å². The molecule has 0 saturated heterocycles. The van der Waals surface area contributed by atoms with Crippen molar-refractivity contribution in [3.8, 4) is 0 Å². The maximum absolute atomic E-state index is 8.59. The molecular formula is C34H70O13. The maximum atomic E-state index is 8.59. The normalized spacial score (nSPS) is 15.1. The Hall–Kier alpha value is -0.520. The monoisotopic (exact) mass is 686 g/mol. The Morgan fingerprint density at radius 2 is 0.638 bits per heavy atom. The van der Waals surface area contributed by atoms with Gasteiger partial charge in [-0.2, -0.15) is 0 Å². The van der Waals surface area contributed by atoms with Gasteiger partial charge in [-0.15, -0.1) is 0 Å². The van der Waals surface area contributed by atoms with Crippen LogP contribution >= 0.6 is 0 Å². The number of hydrogen-bond acceptors (Lipinski definition) is 13. The Morgan fingerprint density at radius 3 is 0.979 bits per heavy atom. The molecule has 0 aliphatic heterocycles. The molecular weight excluding hydrogens is 616 g/mol. The molecule has 0 heterocycles. The standard InChI is InChI=1S/C34H70O13/c1-7-8-9-11-43-31(3)26-45-33(5)28-47-34(6)29-46-32(4)27-44-30(2)25-42-24-23-41-22-21-40-20-19-39-18-17-38-16-15-37-14-13-36-12-10-35/h30-35H,7-29H2,1-6H3. The van der Waals surface area contributed by atoms with Crippen molar-refractivity contribution in [3.05, 3.63) is 0 Å². The molecule has 0 bridgehead atoms. The number of aliphatic hydroxyl groups excluding tert-OH is 1. The lowest BCUT2D eigenvalue weighted by Crippen LogP contribution is -2.29. The molecule has 0 saturated carbocycles. The lowest BCUT2D eigenvalue weighted by molar-refractivity contribution is -0.100. The number of ether oxygens (including phenoxy) is 12. The first-order chi connectivity index (χ1) is 22.9. The zero-order valence-corrected chi connectivity index (χ0v) is 30.5. The topological polar surface area (TPSA) is 131 Å². The van der Waals surface area contributed by atoms with Crippen molar-refractivity contribution in [1.82, 2.24) is 0 Å². The fourth-order valence-electron chi connectivity index (χ4n) is 3.71. The van der Waals surface area contributed by atoms with Crippen LogP contribution in [0, 0.1) is 0 Å². The van der Waals surface area contributed by atoms with E-state index in [-0.39, 0.29) is 37.1 Å². The van der Waals surface area contributed by atoms with E-state index in [0.29, 0.717) is 119 Å². The van der Waals surface area contributed by atoms with E-state index in [9.17, 15) is 0 Å². The summed E-state index contributed by atoms with van der Waals surface area (Å²) >= 11 is 0. The summed E-state index contributed by atoms with van der Waals surface area (Å²) in [4.78, 5) is 0. The molecule has 0 radical (unpaired) electrons. The van der Waals surface area contributed by atoms with Crippen LogP contribution in [0.3, 0.4) is 0 Å². The molecule has 5 unspecified atom stereocenters. The van der Waals surface area contributed by atoms with E-state index in [2.05, 4.69) is 6.92 Å². The molecule has 5 atom stereocenters. The Bertz CT molecular complexity index is 604. The number of aliphatic hydroxyl groups is 1. The van der Waals surface area contributed by atoms with Gasteiger partial charge < -0.3 is 61.9 Å². The van der Waals surface area contributed by atoms with Crippen molar-refractivity contribution >= 4 is 0 Å². The van der Waals surface area contributed by atoms with Crippen molar-refractivity contribution in [3.63, 3.8) is 0 Å². The summed E-state index contributed by atoms with van der Waals surface area (Å²) in [5, 5.41) is 8.59. The van der Waals surface area contributed by atoms with Gasteiger partial charge >= 0.3 is 0 Å². The Morgan fingerprint density at radius 1 is 0.340 bits per heavy atom. The first-order valence-corrected chi connectivity index (χ1v) is 17.6. The average molecular weight is 687 g/mol. The molecule has 47 heavy (non-hydrogen) atoms. The second-order valence-corrected chi connectivity index (χ2v) is 11.4. The fraction of sp³-hybridized carbons (Fsp3) is 1.00. The number of unbranched alkanes of at least 4 members (excludes halogenated alkanes) is 2. The molecule has 0 aromatic heterocycles.